The molecule has 0 aliphatic heterocycles. The fourth-order valence-corrected chi connectivity index (χ4v) is 3.18. The number of benzene rings is 2. The summed E-state index contributed by atoms with van der Waals surface area (Å²) in [6.45, 7) is -0.0689. The number of nitrogens with one attached hydrogen (secondary N) is 1. The van der Waals surface area contributed by atoms with Gasteiger partial charge in [-0.3, -0.25) is 9.48 Å². The molecule has 136 valence electrons. The molecule has 27 heavy (non-hydrogen) atoms. The van der Waals surface area contributed by atoms with Crippen molar-refractivity contribution in [1.82, 2.24) is 9.78 Å². The molecule has 0 unspecified atom stereocenters. The van der Waals surface area contributed by atoms with E-state index in [-0.39, 0.29) is 12.5 Å². The van der Waals surface area contributed by atoms with Crippen LogP contribution in [0.3, 0.4) is 0 Å². The number of amides is 1. The van der Waals surface area contributed by atoms with E-state index in [4.69, 9.17) is 20.8 Å². The predicted octanol–water partition coefficient (Wildman–Crippen LogP) is 3.44. The molecule has 7 nitrogen and oxygen atoms in total. The molecule has 0 bridgehead atoms. The first-order valence-electron chi connectivity index (χ1n) is 8.07. The molecule has 2 heterocycles. The Labute approximate surface area is 158 Å². The molecule has 0 saturated carbocycles. The van der Waals surface area contributed by atoms with E-state index in [1.165, 1.54) is 18.0 Å². The van der Waals surface area contributed by atoms with Gasteiger partial charge in [0.2, 0.25) is 5.91 Å². The van der Waals surface area contributed by atoms with Crippen LogP contribution in [0.1, 0.15) is 0 Å². The Hall–Kier alpha value is -3.32. The van der Waals surface area contributed by atoms with Crippen molar-refractivity contribution in [1.29, 1.82) is 0 Å². The van der Waals surface area contributed by atoms with Crippen molar-refractivity contribution < 1.29 is 13.9 Å². The van der Waals surface area contributed by atoms with Crippen LogP contribution in [0.15, 0.2) is 57.9 Å². The van der Waals surface area contributed by atoms with Crippen molar-refractivity contribution in [2.75, 3.05) is 12.4 Å². The predicted molar refractivity (Wildman–Crippen MR) is 102 cm³/mol. The van der Waals surface area contributed by atoms with Crippen LogP contribution in [-0.4, -0.2) is 22.8 Å². The maximum atomic E-state index is 12.5. The number of ether oxygens (including phenoxy) is 1. The van der Waals surface area contributed by atoms with E-state index in [9.17, 15) is 9.59 Å². The third-order valence-electron chi connectivity index (χ3n) is 4.13. The zero-order chi connectivity index (χ0) is 19.0. The largest absolute Gasteiger partial charge is 0.495 e. The van der Waals surface area contributed by atoms with E-state index in [1.54, 1.807) is 30.3 Å². The normalized spacial score (nSPS) is 11.0. The van der Waals surface area contributed by atoms with E-state index in [0.29, 0.717) is 38.3 Å². The lowest BCUT2D eigenvalue weighted by atomic mass is 10.2. The van der Waals surface area contributed by atoms with Crippen LogP contribution < -0.4 is 15.7 Å². The lowest BCUT2D eigenvalue weighted by molar-refractivity contribution is -0.116. The molecule has 8 heteroatoms. The third kappa shape index (κ3) is 3.13. The van der Waals surface area contributed by atoms with Gasteiger partial charge < -0.3 is 14.5 Å². The second kappa shape index (κ2) is 6.77. The fourth-order valence-electron chi connectivity index (χ4n) is 2.93. The van der Waals surface area contributed by atoms with Crippen molar-refractivity contribution >= 4 is 45.1 Å². The number of para-hydroxylation sites is 1. The SMILES string of the molecule is COc1ccc(NC(=O)Cn2ncc3c(=O)oc4ccccc4c32)cc1Cl. The number of carbonyl (C=O) groups excluding carboxylic acids is 1. The van der Waals surface area contributed by atoms with Crippen molar-refractivity contribution in [3.05, 3.63) is 64.1 Å². The number of aromatic nitrogens is 2. The number of fused-ring (bicyclic) bond motifs is 3. The van der Waals surface area contributed by atoms with Gasteiger partial charge in [0.15, 0.2) is 0 Å². The molecule has 2 aromatic carbocycles. The summed E-state index contributed by atoms with van der Waals surface area (Å²) in [4.78, 5) is 24.6. The Morgan fingerprint density at radius 1 is 1.26 bits per heavy atom. The number of carbonyl (C=O) groups is 1. The summed E-state index contributed by atoms with van der Waals surface area (Å²) in [5.41, 5.74) is 1.05. The molecule has 4 aromatic rings. The Balaban J connectivity index is 1.66. The number of nitrogens with zero attached hydrogens (tertiary/aromatic N) is 2. The van der Waals surface area contributed by atoms with E-state index >= 15 is 0 Å². The lowest BCUT2D eigenvalue weighted by Crippen LogP contribution is -2.19. The second-order valence-corrected chi connectivity index (χ2v) is 6.25. The minimum absolute atomic E-state index is 0.0689. The average molecular weight is 384 g/mol. The molecule has 2 aromatic heterocycles. The van der Waals surface area contributed by atoms with Crippen LogP contribution in [0.4, 0.5) is 5.69 Å². The van der Waals surface area contributed by atoms with Crippen LogP contribution >= 0.6 is 11.6 Å². The molecule has 0 radical (unpaired) electrons. The minimum atomic E-state index is -0.489. The maximum absolute atomic E-state index is 12.5. The quantitative estimate of drug-likeness (QED) is 0.545. The Bertz CT molecular complexity index is 1230. The zero-order valence-electron chi connectivity index (χ0n) is 14.2. The number of hydrogen-bond donors (Lipinski definition) is 1. The standard InChI is InChI=1S/C19H14ClN3O4/c1-26-16-7-6-11(8-14(16)20)22-17(24)10-23-18-12-4-2-3-5-15(12)27-19(25)13(18)9-21-23/h2-9H,10H2,1H3,(H,22,24). The fraction of sp³-hybridized carbons (Fsp3) is 0.105. The Morgan fingerprint density at radius 2 is 2.07 bits per heavy atom. The highest BCUT2D eigenvalue weighted by Crippen LogP contribution is 2.27. The summed E-state index contributed by atoms with van der Waals surface area (Å²) in [5.74, 6) is 0.212. The van der Waals surface area contributed by atoms with Crippen molar-refractivity contribution in [2.45, 2.75) is 6.54 Å². The number of rotatable bonds is 4. The van der Waals surface area contributed by atoms with Crippen LogP contribution in [0.5, 0.6) is 5.75 Å². The van der Waals surface area contributed by atoms with Crippen molar-refractivity contribution in [3.8, 4) is 5.75 Å². The number of hydrogen-bond acceptors (Lipinski definition) is 5. The summed E-state index contributed by atoms with van der Waals surface area (Å²) in [6, 6.07) is 12.1. The van der Waals surface area contributed by atoms with Gasteiger partial charge in [0, 0.05) is 11.1 Å². The molecular weight excluding hydrogens is 370 g/mol. The summed E-state index contributed by atoms with van der Waals surface area (Å²) >= 11 is 6.08. The second-order valence-electron chi connectivity index (χ2n) is 5.85. The molecule has 0 atom stereocenters. The monoisotopic (exact) mass is 383 g/mol. The molecule has 0 spiro atoms. The molecule has 1 amide bonds. The number of halogens is 1. The van der Waals surface area contributed by atoms with Crippen LogP contribution in [0.2, 0.25) is 5.02 Å². The van der Waals surface area contributed by atoms with Gasteiger partial charge in [0.05, 0.1) is 23.8 Å². The highest BCUT2D eigenvalue weighted by atomic mass is 35.5. The van der Waals surface area contributed by atoms with E-state index < -0.39 is 5.63 Å². The van der Waals surface area contributed by atoms with Gasteiger partial charge in [-0.25, -0.2) is 4.79 Å². The smallest absolute Gasteiger partial charge is 0.347 e. The van der Waals surface area contributed by atoms with Crippen molar-refractivity contribution in [2.24, 2.45) is 0 Å². The highest BCUT2D eigenvalue weighted by Gasteiger charge is 2.15. The Morgan fingerprint density at radius 3 is 2.85 bits per heavy atom. The van der Waals surface area contributed by atoms with Gasteiger partial charge in [-0.15, -0.1) is 0 Å². The van der Waals surface area contributed by atoms with Crippen LogP contribution in [-0.2, 0) is 11.3 Å². The van der Waals surface area contributed by atoms with E-state index in [2.05, 4.69) is 10.4 Å². The topological polar surface area (TPSA) is 86.4 Å². The zero-order valence-corrected chi connectivity index (χ0v) is 15.0. The number of methoxy groups -OCH3 is 1. The summed E-state index contributed by atoms with van der Waals surface area (Å²) in [5, 5.41) is 8.37. The maximum Gasteiger partial charge on any atom is 0.347 e. The van der Waals surface area contributed by atoms with Gasteiger partial charge in [-0.05, 0) is 30.3 Å². The van der Waals surface area contributed by atoms with Gasteiger partial charge in [-0.1, -0.05) is 23.7 Å². The van der Waals surface area contributed by atoms with Crippen LogP contribution in [0, 0.1) is 0 Å². The minimum Gasteiger partial charge on any atom is -0.495 e. The van der Waals surface area contributed by atoms with E-state index in [1.807, 2.05) is 12.1 Å². The first-order valence-corrected chi connectivity index (χ1v) is 8.45. The third-order valence-corrected chi connectivity index (χ3v) is 4.43. The van der Waals surface area contributed by atoms with Gasteiger partial charge >= 0.3 is 5.63 Å². The molecule has 0 aliphatic rings. The first-order chi connectivity index (χ1) is 13.1. The van der Waals surface area contributed by atoms with Crippen molar-refractivity contribution in [3.63, 3.8) is 0 Å². The molecule has 0 aliphatic carbocycles. The summed E-state index contributed by atoms with van der Waals surface area (Å²) in [7, 11) is 1.52. The molecular formula is C19H14ClN3O4. The van der Waals surface area contributed by atoms with Gasteiger partial charge in [0.1, 0.15) is 23.3 Å². The molecule has 0 fully saturated rings. The van der Waals surface area contributed by atoms with Gasteiger partial charge in [-0.2, -0.15) is 5.10 Å². The van der Waals surface area contributed by atoms with Gasteiger partial charge in [0.25, 0.3) is 0 Å². The Kier molecular flexibility index (Phi) is 4.29. The highest BCUT2D eigenvalue weighted by molar-refractivity contribution is 6.32. The lowest BCUT2D eigenvalue weighted by Gasteiger charge is -2.09. The summed E-state index contributed by atoms with van der Waals surface area (Å²) in [6.07, 6.45) is 1.41. The molecule has 0 saturated heterocycles. The van der Waals surface area contributed by atoms with E-state index in [0.717, 1.165) is 0 Å². The number of anilines is 1. The summed E-state index contributed by atoms with van der Waals surface area (Å²) < 4.78 is 11.9. The molecule has 4 rings (SSSR count). The first kappa shape index (κ1) is 17.1. The molecule has 1 N–H and O–H groups in total. The van der Waals surface area contributed by atoms with Crippen LogP contribution in [0.25, 0.3) is 21.9 Å². The average Bonchev–Trinajstić information content (AvgIpc) is 3.06.